The molecule has 0 fully saturated rings. The topological polar surface area (TPSA) is 52.3 Å². The minimum absolute atomic E-state index is 0.201. The van der Waals surface area contributed by atoms with E-state index in [0.717, 1.165) is 6.42 Å². The highest BCUT2D eigenvalue weighted by Gasteiger charge is 2.19. The maximum absolute atomic E-state index is 10.8. The Morgan fingerprint density at radius 1 is 1.70 bits per heavy atom. The fraction of sp³-hybridized carbons (Fsp3) is 0.857. The molecule has 10 heavy (non-hydrogen) atoms. The molecule has 0 bridgehead atoms. The summed E-state index contributed by atoms with van der Waals surface area (Å²) in [6.07, 6.45) is 0.899. The zero-order chi connectivity index (χ0) is 8.15. The van der Waals surface area contributed by atoms with Gasteiger partial charge in [0, 0.05) is 0 Å². The average Bonchev–Trinajstić information content (AvgIpc) is 2.00. The third kappa shape index (κ3) is 2.35. The van der Waals surface area contributed by atoms with Gasteiger partial charge in [-0.2, -0.15) is 0 Å². The molecule has 0 amide bonds. The van der Waals surface area contributed by atoms with Crippen LogP contribution in [0.2, 0.25) is 0 Å². The first-order valence-corrected chi connectivity index (χ1v) is 3.46. The van der Waals surface area contributed by atoms with E-state index in [1.165, 1.54) is 7.11 Å². The fourth-order valence-corrected chi connectivity index (χ4v) is 0.622. The zero-order valence-corrected chi connectivity index (χ0v) is 6.76. The van der Waals surface area contributed by atoms with Crippen molar-refractivity contribution >= 4 is 5.97 Å². The summed E-state index contributed by atoms with van der Waals surface area (Å²) in [5, 5.41) is 0. The highest BCUT2D eigenvalue weighted by molar-refractivity contribution is 5.75. The van der Waals surface area contributed by atoms with Crippen LogP contribution in [-0.2, 0) is 9.53 Å². The van der Waals surface area contributed by atoms with Crippen LogP contribution in [0.4, 0.5) is 0 Å². The summed E-state index contributed by atoms with van der Waals surface area (Å²) in [5.41, 5.74) is 5.51. The molecule has 0 aliphatic rings. The predicted octanol–water partition coefficient (Wildman–Crippen LogP) is 0.533. The SMILES string of the molecule is CC[C@@H](C)[C@H](N)C(=O)OC. The lowest BCUT2D eigenvalue weighted by atomic mass is 10.0. The minimum Gasteiger partial charge on any atom is -0.468 e. The van der Waals surface area contributed by atoms with Gasteiger partial charge in [-0.05, 0) is 5.92 Å². The highest BCUT2D eigenvalue weighted by Crippen LogP contribution is 2.05. The van der Waals surface area contributed by atoms with Gasteiger partial charge in [-0.25, -0.2) is 0 Å². The average molecular weight is 145 g/mol. The van der Waals surface area contributed by atoms with Crippen molar-refractivity contribution in [2.75, 3.05) is 7.11 Å². The number of ether oxygens (including phenoxy) is 1. The Balaban J connectivity index is 3.81. The second kappa shape index (κ2) is 4.28. The van der Waals surface area contributed by atoms with Crippen LogP contribution in [0.15, 0.2) is 0 Å². The molecule has 0 unspecified atom stereocenters. The molecule has 2 N–H and O–H groups in total. The molecule has 0 aromatic heterocycles. The largest absolute Gasteiger partial charge is 0.468 e. The molecular weight excluding hydrogens is 130 g/mol. The molecule has 0 aromatic carbocycles. The van der Waals surface area contributed by atoms with Gasteiger partial charge in [0.05, 0.1) is 7.11 Å². The second-order valence-electron chi connectivity index (χ2n) is 2.43. The van der Waals surface area contributed by atoms with E-state index in [9.17, 15) is 4.79 Å². The van der Waals surface area contributed by atoms with Crippen LogP contribution in [0.3, 0.4) is 0 Å². The third-order valence-electron chi connectivity index (χ3n) is 1.73. The second-order valence-corrected chi connectivity index (χ2v) is 2.43. The first-order valence-electron chi connectivity index (χ1n) is 3.46. The van der Waals surface area contributed by atoms with E-state index in [-0.39, 0.29) is 11.9 Å². The lowest BCUT2D eigenvalue weighted by Gasteiger charge is -2.14. The van der Waals surface area contributed by atoms with E-state index in [1.54, 1.807) is 0 Å². The molecule has 3 heteroatoms. The predicted molar refractivity (Wildman–Crippen MR) is 39.4 cm³/mol. The van der Waals surface area contributed by atoms with Crippen LogP contribution in [0.1, 0.15) is 20.3 Å². The van der Waals surface area contributed by atoms with Crippen molar-refractivity contribution in [3.63, 3.8) is 0 Å². The van der Waals surface area contributed by atoms with E-state index < -0.39 is 6.04 Å². The maximum Gasteiger partial charge on any atom is 0.322 e. The van der Waals surface area contributed by atoms with E-state index in [2.05, 4.69) is 4.74 Å². The number of esters is 1. The van der Waals surface area contributed by atoms with Gasteiger partial charge in [-0.15, -0.1) is 0 Å². The standard InChI is InChI=1S/C7H15NO2/c1-4-5(2)6(8)7(9)10-3/h5-6H,4,8H2,1-3H3/t5-,6+/m1/s1. The van der Waals surface area contributed by atoms with Crippen LogP contribution >= 0.6 is 0 Å². The van der Waals surface area contributed by atoms with Crippen molar-refractivity contribution in [2.24, 2.45) is 11.7 Å². The third-order valence-corrected chi connectivity index (χ3v) is 1.73. The lowest BCUT2D eigenvalue weighted by molar-refractivity contribution is -0.143. The van der Waals surface area contributed by atoms with Crippen LogP contribution in [-0.4, -0.2) is 19.1 Å². The van der Waals surface area contributed by atoms with Crippen molar-refractivity contribution in [1.29, 1.82) is 0 Å². The summed E-state index contributed by atoms with van der Waals surface area (Å²) in [6, 6.07) is -0.463. The fourth-order valence-electron chi connectivity index (χ4n) is 0.622. The summed E-state index contributed by atoms with van der Waals surface area (Å²) in [7, 11) is 1.35. The van der Waals surface area contributed by atoms with Crippen LogP contribution in [0, 0.1) is 5.92 Å². The van der Waals surface area contributed by atoms with Crippen molar-refractivity contribution in [2.45, 2.75) is 26.3 Å². The van der Waals surface area contributed by atoms with Gasteiger partial charge in [-0.3, -0.25) is 4.79 Å². The summed E-state index contributed by atoms with van der Waals surface area (Å²) in [5.74, 6) is -0.123. The number of carbonyl (C=O) groups is 1. The maximum atomic E-state index is 10.8. The molecular formula is C7H15NO2. The molecule has 0 heterocycles. The molecule has 60 valence electrons. The summed E-state index contributed by atoms with van der Waals surface area (Å²) < 4.78 is 4.47. The Bertz CT molecular complexity index is 114. The summed E-state index contributed by atoms with van der Waals surface area (Å²) in [4.78, 5) is 10.8. The number of hydrogen-bond donors (Lipinski definition) is 1. The normalized spacial score (nSPS) is 16.0. The Kier molecular flexibility index (Phi) is 4.03. The summed E-state index contributed by atoms with van der Waals surface area (Å²) in [6.45, 7) is 3.93. The van der Waals surface area contributed by atoms with E-state index in [1.807, 2.05) is 13.8 Å². The smallest absolute Gasteiger partial charge is 0.322 e. The Morgan fingerprint density at radius 3 is 2.50 bits per heavy atom. The van der Waals surface area contributed by atoms with Gasteiger partial charge < -0.3 is 10.5 Å². The first kappa shape index (κ1) is 9.43. The van der Waals surface area contributed by atoms with Crippen molar-refractivity contribution in [3.8, 4) is 0 Å². The Hall–Kier alpha value is -0.570. The molecule has 0 aromatic rings. The van der Waals surface area contributed by atoms with Crippen molar-refractivity contribution < 1.29 is 9.53 Å². The molecule has 3 nitrogen and oxygen atoms in total. The quantitative estimate of drug-likeness (QED) is 0.589. The Morgan fingerprint density at radius 2 is 2.20 bits per heavy atom. The van der Waals surface area contributed by atoms with Gasteiger partial charge in [0.2, 0.25) is 0 Å². The van der Waals surface area contributed by atoms with E-state index in [4.69, 9.17) is 5.73 Å². The van der Waals surface area contributed by atoms with Crippen LogP contribution in [0.5, 0.6) is 0 Å². The monoisotopic (exact) mass is 145 g/mol. The van der Waals surface area contributed by atoms with Crippen molar-refractivity contribution in [3.05, 3.63) is 0 Å². The molecule has 0 aliphatic heterocycles. The van der Waals surface area contributed by atoms with Crippen LogP contribution in [0.25, 0.3) is 0 Å². The van der Waals surface area contributed by atoms with E-state index in [0.29, 0.717) is 0 Å². The number of hydrogen-bond acceptors (Lipinski definition) is 3. The van der Waals surface area contributed by atoms with Gasteiger partial charge >= 0.3 is 5.97 Å². The summed E-state index contributed by atoms with van der Waals surface area (Å²) >= 11 is 0. The minimum atomic E-state index is -0.463. The number of methoxy groups -OCH3 is 1. The van der Waals surface area contributed by atoms with Gasteiger partial charge in [0.1, 0.15) is 6.04 Å². The molecule has 2 atom stereocenters. The molecule has 0 aliphatic carbocycles. The highest BCUT2D eigenvalue weighted by atomic mass is 16.5. The van der Waals surface area contributed by atoms with Gasteiger partial charge in [0.25, 0.3) is 0 Å². The number of rotatable bonds is 3. The van der Waals surface area contributed by atoms with E-state index >= 15 is 0 Å². The molecule has 0 saturated carbocycles. The van der Waals surface area contributed by atoms with Crippen LogP contribution < -0.4 is 5.73 Å². The first-order chi connectivity index (χ1) is 4.63. The number of nitrogens with two attached hydrogens (primary N) is 1. The van der Waals surface area contributed by atoms with Gasteiger partial charge in [-0.1, -0.05) is 20.3 Å². The zero-order valence-electron chi connectivity index (χ0n) is 6.76. The van der Waals surface area contributed by atoms with Gasteiger partial charge in [0.15, 0.2) is 0 Å². The molecule has 0 spiro atoms. The Labute approximate surface area is 61.5 Å². The molecule has 0 radical (unpaired) electrons. The van der Waals surface area contributed by atoms with Crippen molar-refractivity contribution in [1.82, 2.24) is 0 Å². The molecule has 0 rings (SSSR count). The number of carbonyl (C=O) groups excluding carboxylic acids is 1. The lowest BCUT2D eigenvalue weighted by Crippen LogP contribution is -2.37. The molecule has 0 saturated heterocycles.